The Kier molecular flexibility index (Phi) is 7.09. The summed E-state index contributed by atoms with van der Waals surface area (Å²) in [5.74, 6) is -0.448. The van der Waals surface area contributed by atoms with Crippen LogP contribution < -0.4 is 0 Å². The molecule has 2 unspecified atom stereocenters. The highest BCUT2D eigenvalue weighted by molar-refractivity contribution is 4.74. The van der Waals surface area contributed by atoms with Gasteiger partial charge in [-0.15, -0.1) is 0 Å². The van der Waals surface area contributed by atoms with Crippen LogP contribution in [0.4, 0.5) is 0 Å². The molecule has 1 rings (SSSR count). The van der Waals surface area contributed by atoms with Gasteiger partial charge < -0.3 is 14.6 Å². The van der Waals surface area contributed by atoms with Crippen molar-refractivity contribution in [3.63, 3.8) is 0 Å². The van der Waals surface area contributed by atoms with Crippen LogP contribution >= 0.6 is 0 Å². The van der Waals surface area contributed by atoms with Crippen LogP contribution in [0.15, 0.2) is 0 Å². The van der Waals surface area contributed by atoms with Crippen molar-refractivity contribution in [1.29, 1.82) is 0 Å². The Hall–Kier alpha value is -0.120. The first-order valence-corrected chi connectivity index (χ1v) is 7.13. The van der Waals surface area contributed by atoms with Crippen molar-refractivity contribution in [3.8, 4) is 0 Å². The summed E-state index contributed by atoms with van der Waals surface area (Å²) in [5, 5.41) is 8.99. The fourth-order valence-electron chi connectivity index (χ4n) is 2.31. The summed E-state index contributed by atoms with van der Waals surface area (Å²) in [6, 6.07) is 0. The van der Waals surface area contributed by atoms with Gasteiger partial charge in [-0.2, -0.15) is 0 Å². The Morgan fingerprint density at radius 3 is 2.35 bits per heavy atom. The Bertz CT molecular complexity index is 196. The Morgan fingerprint density at radius 2 is 1.76 bits per heavy atom. The molecule has 17 heavy (non-hydrogen) atoms. The van der Waals surface area contributed by atoms with E-state index in [-0.39, 0.29) is 12.7 Å². The SMILES string of the molecule is CCCCCCCCCC1(C)OCC(CO)O1. The molecule has 0 aromatic carbocycles. The summed E-state index contributed by atoms with van der Waals surface area (Å²) in [5.41, 5.74) is 0. The first-order chi connectivity index (χ1) is 8.20. The van der Waals surface area contributed by atoms with Crippen molar-refractivity contribution < 1.29 is 14.6 Å². The monoisotopic (exact) mass is 244 g/mol. The predicted octanol–water partition coefficient (Wildman–Crippen LogP) is 3.25. The lowest BCUT2D eigenvalue weighted by molar-refractivity contribution is -0.162. The van der Waals surface area contributed by atoms with E-state index in [2.05, 4.69) is 6.92 Å². The van der Waals surface area contributed by atoms with E-state index in [1.54, 1.807) is 0 Å². The third-order valence-electron chi connectivity index (χ3n) is 3.43. The molecule has 102 valence electrons. The highest BCUT2D eigenvalue weighted by Crippen LogP contribution is 2.28. The molecule has 0 aromatic rings. The molecule has 0 amide bonds. The standard InChI is InChI=1S/C14H28O3/c1-3-4-5-6-7-8-9-10-14(2)16-12-13(11-15)17-14/h13,15H,3-12H2,1-2H3. The third kappa shape index (κ3) is 5.84. The number of aliphatic hydroxyl groups is 1. The summed E-state index contributed by atoms with van der Waals surface area (Å²) in [6.45, 7) is 4.82. The maximum absolute atomic E-state index is 8.99. The van der Waals surface area contributed by atoms with Gasteiger partial charge in [0.05, 0.1) is 13.2 Å². The van der Waals surface area contributed by atoms with Crippen LogP contribution in [0.25, 0.3) is 0 Å². The average Bonchev–Trinajstić information content (AvgIpc) is 2.70. The fraction of sp³-hybridized carbons (Fsp3) is 1.00. The molecule has 0 aliphatic carbocycles. The van der Waals surface area contributed by atoms with Crippen molar-refractivity contribution in [2.24, 2.45) is 0 Å². The highest BCUT2D eigenvalue weighted by Gasteiger charge is 2.35. The van der Waals surface area contributed by atoms with E-state index in [4.69, 9.17) is 14.6 Å². The zero-order valence-electron chi connectivity index (χ0n) is 11.4. The van der Waals surface area contributed by atoms with E-state index in [0.29, 0.717) is 6.61 Å². The summed E-state index contributed by atoms with van der Waals surface area (Å²) in [6.07, 6.45) is 9.95. The molecule has 0 radical (unpaired) electrons. The number of rotatable bonds is 9. The Balaban J connectivity index is 1.99. The normalized spacial score (nSPS) is 28.8. The van der Waals surface area contributed by atoms with Crippen LogP contribution in [0, 0.1) is 0 Å². The largest absolute Gasteiger partial charge is 0.394 e. The van der Waals surface area contributed by atoms with E-state index >= 15 is 0 Å². The lowest BCUT2D eigenvalue weighted by Crippen LogP contribution is -2.27. The predicted molar refractivity (Wildman–Crippen MR) is 68.9 cm³/mol. The van der Waals surface area contributed by atoms with Crippen molar-refractivity contribution in [2.45, 2.75) is 77.1 Å². The Morgan fingerprint density at radius 1 is 1.12 bits per heavy atom. The molecule has 1 saturated heterocycles. The van der Waals surface area contributed by atoms with Crippen molar-refractivity contribution >= 4 is 0 Å². The maximum atomic E-state index is 8.99. The minimum Gasteiger partial charge on any atom is -0.394 e. The maximum Gasteiger partial charge on any atom is 0.166 e. The molecule has 2 atom stereocenters. The van der Waals surface area contributed by atoms with Gasteiger partial charge in [-0.1, -0.05) is 45.4 Å². The minimum atomic E-state index is -0.448. The highest BCUT2D eigenvalue weighted by atomic mass is 16.7. The molecule has 1 aliphatic heterocycles. The van der Waals surface area contributed by atoms with Crippen LogP contribution in [0.1, 0.15) is 65.2 Å². The van der Waals surface area contributed by atoms with E-state index in [1.807, 2.05) is 6.92 Å². The number of aliphatic hydroxyl groups excluding tert-OH is 1. The summed E-state index contributed by atoms with van der Waals surface area (Å²) in [7, 11) is 0. The average molecular weight is 244 g/mol. The molecule has 3 nitrogen and oxygen atoms in total. The molecule has 1 fully saturated rings. The van der Waals surface area contributed by atoms with Crippen LogP contribution in [0.2, 0.25) is 0 Å². The third-order valence-corrected chi connectivity index (χ3v) is 3.43. The summed E-state index contributed by atoms with van der Waals surface area (Å²) < 4.78 is 11.3. The van der Waals surface area contributed by atoms with Crippen molar-refractivity contribution in [1.82, 2.24) is 0 Å². The minimum absolute atomic E-state index is 0.0621. The first kappa shape index (κ1) is 14.9. The van der Waals surface area contributed by atoms with Crippen molar-refractivity contribution in [2.75, 3.05) is 13.2 Å². The molecular formula is C14H28O3. The zero-order valence-corrected chi connectivity index (χ0v) is 11.4. The Labute approximate surface area is 105 Å². The first-order valence-electron chi connectivity index (χ1n) is 7.13. The van der Waals surface area contributed by atoms with Gasteiger partial charge in [0.1, 0.15) is 6.10 Å². The number of unbranched alkanes of at least 4 members (excludes halogenated alkanes) is 6. The van der Waals surface area contributed by atoms with E-state index in [0.717, 1.165) is 12.8 Å². The number of ether oxygens (including phenoxy) is 2. The van der Waals surface area contributed by atoms with E-state index in [9.17, 15) is 0 Å². The molecule has 1 N–H and O–H groups in total. The van der Waals surface area contributed by atoms with Crippen LogP contribution in [0.3, 0.4) is 0 Å². The summed E-state index contributed by atoms with van der Waals surface area (Å²) >= 11 is 0. The van der Waals surface area contributed by atoms with Gasteiger partial charge in [-0.05, 0) is 13.3 Å². The molecule has 0 aromatic heterocycles. The van der Waals surface area contributed by atoms with Gasteiger partial charge in [-0.3, -0.25) is 0 Å². The van der Waals surface area contributed by atoms with Crippen molar-refractivity contribution in [3.05, 3.63) is 0 Å². The van der Waals surface area contributed by atoms with Gasteiger partial charge >= 0.3 is 0 Å². The zero-order chi connectivity index (χ0) is 12.6. The van der Waals surface area contributed by atoms with Gasteiger partial charge in [0.15, 0.2) is 5.79 Å². The van der Waals surface area contributed by atoms with Gasteiger partial charge in [-0.25, -0.2) is 0 Å². The van der Waals surface area contributed by atoms with Crippen LogP contribution in [-0.4, -0.2) is 30.2 Å². The smallest absolute Gasteiger partial charge is 0.166 e. The molecular weight excluding hydrogens is 216 g/mol. The fourth-order valence-corrected chi connectivity index (χ4v) is 2.31. The molecule has 0 spiro atoms. The second-order valence-corrected chi connectivity index (χ2v) is 5.24. The second kappa shape index (κ2) is 8.06. The lowest BCUT2D eigenvalue weighted by Gasteiger charge is -2.22. The van der Waals surface area contributed by atoms with Gasteiger partial charge in [0.25, 0.3) is 0 Å². The quantitative estimate of drug-likeness (QED) is 0.633. The molecule has 0 saturated carbocycles. The number of hydrogen-bond donors (Lipinski definition) is 1. The van der Waals surface area contributed by atoms with Crippen LogP contribution in [0.5, 0.6) is 0 Å². The number of hydrogen-bond acceptors (Lipinski definition) is 3. The van der Waals surface area contributed by atoms with E-state index in [1.165, 1.54) is 38.5 Å². The molecule has 1 aliphatic rings. The second-order valence-electron chi connectivity index (χ2n) is 5.24. The molecule has 0 bridgehead atoms. The van der Waals surface area contributed by atoms with Gasteiger partial charge in [0, 0.05) is 6.42 Å². The molecule has 1 heterocycles. The molecule has 3 heteroatoms. The van der Waals surface area contributed by atoms with Crippen LogP contribution in [-0.2, 0) is 9.47 Å². The lowest BCUT2D eigenvalue weighted by atomic mass is 10.1. The topological polar surface area (TPSA) is 38.7 Å². The summed E-state index contributed by atoms with van der Waals surface area (Å²) in [4.78, 5) is 0. The van der Waals surface area contributed by atoms with Gasteiger partial charge in [0.2, 0.25) is 0 Å². The van der Waals surface area contributed by atoms with E-state index < -0.39 is 5.79 Å².